The number of nitrogens with one attached hydrogen (secondary N) is 1. The van der Waals surface area contributed by atoms with Crippen LogP contribution >= 0.6 is 0 Å². The minimum Gasteiger partial charge on any atom is -0.494 e. The van der Waals surface area contributed by atoms with Gasteiger partial charge in [-0.25, -0.2) is 4.79 Å². The quantitative estimate of drug-likeness (QED) is 0.563. The minimum atomic E-state index is -1.30. The van der Waals surface area contributed by atoms with Gasteiger partial charge in [-0.05, 0) is 31.5 Å². The summed E-state index contributed by atoms with van der Waals surface area (Å²) in [7, 11) is 0. The summed E-state index contributed by atoms with van der Waals surface area (Å²) in [5, 5.41) is 2.59. The van der Waals surface area contributed by atoms with Crippen LogP contribution < -0.4 is 15.8 Å². The van der Waals surface area contributed by atoms with Gasteiger partial charge in [0.2, 0.25) is 5.91 Å². The molecule has 0 aromatic heterocycles. The second-order valence-corrected chi connectivity index (χ2v) is 4.03. The summed E-state index contributed by atoms with van der Waals surface area (Å²) in [6, 6.07) is 6.03. The van der Waals surface area contributed by atoms with Crippen LogP contribution in [0.2, 0.25) is 0 Å². The first-order chi connectivity index (χ1) is 9.58. The van der Waals surface area contributed by atoms with Crippen molar-refractivity contribution in [1.82, 2.24) is 5.32 Å². The number of hydrogen-bond donors (Lipinski definition) is 2. The lowest BCUT2D eigenvalue weighted by molar-refractivity contribution is -0.148. The monoisotopic (exact) mass is 280 g/mol. The summed E-state index contributed by atoms with van der Waals surface area (Å²) in [6.45, 7) is 4.58. The minimum absolute atomic E-state index is 0.191. The first kappa shape index (κ1) is 16.0. The van der Waals surface area contributed by atoms with Gasteiger partial charge in [0, 0.05) is 6.54 Å². The fourth-order valence-electron chi connectivity index (χ4n) is 1.55. The van der Waals surface area contributed by atoms with Gasteiger partial charge < -0.3 is 20.5 Å². The van der Waals surface area contributed by atoms with E-state index in [0.717, 1.165) is 11.3 Å². The molecule has 0 aliphatic heterocycles. The van der Waals surface area contributed by atoms with Crippen LogP contribution in [0, 0.1) is 0 Å². The Kier molecular flexibility index (Phi) is 6.52. The number of carbonyl (C=O) groups is 2. The van der Waals surface area contributed by atoms with Crippen LogP contribution in [0.5, 0.6) is 5.75 Å². The Morgan fingerprint density at radius 1 is 1.30 bits per heavy atom. The van der Waals surface area contributed by atoms with Gasteiger partial charge in [0.25, 0.3) is 0 Å². The normalized spacial score (nSPS) is 11.6. The van der Waals surface area contributed by atoms with Gasteiger partial charge in [-0.15, -0.1) is 0 Å². The van der Waals surface area contributed by atoms with Crippen LogP contribution in [0.15, 0.2) is 24.3 Å². The molecule has 1 aromatic rings. The molecule has 0 heterocycles. The van der Waals surface area contributed by atoms with Crippen molar-refractivity contribution in [2.24, 2.45) is 5.73 Å². The Labute approximate surface area is 118 Å². The Hall–Kier alpha value is -2.08. The molecule has 110 valence electrons. The van der Waals surface area contributed by atoms with Gasteiger partial charge in [0.15, 0.2) is 6.04 Å². The molecule has 1 aromatic carbocycles. The molecule has 0 fully saturated rings. The molecule has 1 amide bonds. The number of hydrogen-bond acceptors (Lipinski definition) is 5. The molecule has 6 nitrogen and oxygen atoms in total. The average Bonchev–Trinajstić information content (AvgIpc) is 2.45. The summed E-state index contributed by atoms with van der Waals surface area (Å²) < 4.78 is 10.0. The third-order valence-electron chi connectivity index (χ3n) is 2.50. The van der Waals surface area contributed by atoms with Crippen LogP contribution in [-0.2, 0) is 20.9 Å². The molecule has 1 unspecified atom stereocenters. The standard InChI is InChI=1S/C14H20N2O4/c1-3-19-11-7-5-6-10(8-11)9-16-13(17)12(15)14(18)20-4-2/h5-8,12H,3-4,9,15H2,1-2H3,(H,16,17). The van der Waals surface area contributed by atoms with Gasteiger partial charge in [-0.3, -0.25) is 4.79 Å². The van der Waals surface area contributed by atoms with Crippen molar-refractivity contribution in [1.29, 1.82) is 0 Å². The molecule has 0 saturated heterocycles. The van der Waals surface area contributed by atoms with Crippen LogP contribution in [-0.4, -0.2) is 31.1 Å². The summed E-state index contributed by atoms with van der Waals surface area (Å²) in [4.78, 5) is 23.0. The van der Waals surface area contributed by atoms with E-state index in [1.54, 1.807) is 6.92 Å². The average molecular weight is 280 g/mol. The maximum absolute atomic E-state index is 11.7. The lowest BCUT2D eigenvalue weighted by Crippen LogP contribution is -2.46. The SMILES string of the molecule is CCOC(=O)C(N)C(=O)NCc1cccc(OCC)c1. The maximum Gasteiger partial charge on any atom is 0.332 e. The maximum atomic E-state index is 11.7. The van der Waals surface area contributed by atoms with Gasteiger partial charge in [-0.1, -0.05) is 12.1 Å². The highest BCUT2D eigenvalue weighted by Gasteiger charge is 2.22. The number of rotatable bonds is 7. The number of benzene rings is 1. The van der Waals surface area contributed by atoms with Crippen LogP contribution in [0.1, 0.15) is 19.4 Å². The Balaban J connectivity index is 2.52. The van der Waals surface area contributed by atoms with Crippen molar-refractivity contribution in [3.63, 3.8) is 0 Å². The molecular formula is C14H20N2O4. The first-order valence-corrected chi connectivity index (χ1v) is 6.50. The van der Waals surface area contributed by atoms with Gasteiger partial charge in [0.05, 0.1) is 13.2 Å². The number of ether oxygens (including phenoxy) is 2. The van der Waals surface area contributed by atoms with Crippen LogP contribution in [0.3, 0.4) is 0 Å². The van der Waals surface area contributed by atoms with E-state index in [4.69, 9.17) is 10.5 Å². The number of esters is 1. The molecule has 0 aliphatic carbocycles. The van der Waals surface area contributed by atoms with Crippen molar-refractivity contribution >= 4 is 11.9 Å². The van der Waals surface area contributed by atoms with Crippen LogP contribution in [0.4, 0.5) is 0 Å². The fourth-order valence-corrected chi connectivity index (χ4v) is 1.55. The van der Waals surface area contributed by atoms with Crippen molar-refractivity contribution in [3.8, 4) is 5.75 Å². The van der Waals surface area contributed by atoms with Gasteiger partial charge in [-0.2, -0.15) is 0 Å². The van der Waals surface area contributed by atoms with Crippen molar-refractivity contribution < 1.29 is 19.1 Å². The largest absolute Gasteiger partial charge is 0.494 e. The molecule has 0 saturated carbocycles. The van der Waals surface area contributed by atoms with E-state index in [1.807, 2.05) is 31.2 Å². The van der Waals surface area contributed by atoms with Gasteiger partial charge >= 0.3 is 5.97 Å². The van der Waals surface area contributed by atoms with E-state index in [9.17, 15) is 9.59 Å². The molecule has 3 N–H and O–H groups in total. The van der Waals surface area contributed by atoms with Crippen LogP contribution in [0.25, 0.3) is 0 Å². The van der Waals surface area contributed by atoms with Gasteiger partial charge in [0.1, 0.15) is 5.75 Å². The summed E-state index contributed by atoms with van der Waals surface area (Å²) in [5.41, 5.74) is 6.34. The van der Waals surface area contributed by atoms with Crippen molar-refractivity contribution in [3.05, 3.63) is 29.8 Å². The number of amides is 1. The molecule has 0 aliphatic rings. The zero-order chi connectivity index (χ0) is 15.0. The lowest BCUT2D eigenvalue weighted by Gasteiger charge is -2.11. The molecule has 0 spiro atoms. The van der Waals surface area contributed by atoms with Crippen molar-refractivity contribution in [2.45, 2.75) is 26.4 Å². The van der Waals surface area contributed by atoms with E-state index in [1.165, 1.54) is 0 Å². The predicted molar refractivity (Wildman–Crippen MR) is 74.1 cm³/mol. The highest BCUT2D eigenvalue weighted by molar-refractivity contribution is 6.01. The summed E-state index contributed by atoms with van der Waals surface area (Å²) >= 11 is 0. The van der Waals surface area contributed by atoms with E-state index in [2.05, 4.69) is 10.1 Å². The third-order valence-corrected chi connectivity index (χ3v) is 2.50. The Morgan fingerprint density at radius 2 is 2.05 bits per heavy atom. The van der Waals surface area contributed by atoms with E-state index in [0.29, 0.717) is 6.61 Å². The second kappa shape index (κ2) is 8.16. The van der Waals surface area contributed by atoms with E-state index < -0.39 is 17.9 Å². The smallest absolute Gasteiger partial charge is 0.332 e. The second-order valence-electron chi connectivity index (χ2n) is 4.03. The Morgan fingerprint density at radius 3 is 2.70 bits per heavy atom. The van der Waals surface area contributed by atoms with E-state index >= 15 is 0 Å². The molecule has 1 rings (SSSR count). The number of nitrogens with two attached hydrogens (primary N) is 1. The molecule has 6 heteroatoms. The summed E-state index contributed by atoms with van der Waals surface area (Å²) in [5.74, 6) is -0.563. The summed E-state index contributed by atoms with van der Waals surface area (Å²) in [6.07, 6.45) is 0. The predicted octanol–water partition coefficient (Wildman–Crippen LogP) is 0.592. The van der Waals surface area contributed by atoms with E-state index in [-0.39, 0.29) is 13.2 Å². The number of carbonyl (C=O) groups excluding carboxylic acids is 2. The highest BCUT2D eigenvalue weighted by atomic mass is 16.5. The van der Waals surface area contributed by atoms with Crippen molar-refractivity contribution in [2.75, 3.05) is 13.2 Å². The fraction of sp³-hybridized carbons (Fsp3) is 0.429. The molecule has 20 heavy (non-hydrogen) atoms. The molecule has 0 bridgehead atoms. The first-order valence-electron chi connectivity index (χ1n) is 6.50. The zero-order valence-corrected chi connectivity index (χ0v) is 11.7. The molecular weight excluding hydrogens is 260 g/mol. The topological polar surface area (TPSA) is 90.7 Å². The third kappa shape index (κ3) is 4.89. The lowest BCUT2D eigenvalue weighted by atomic mass is 10.2. The highest BCUT2D eigenvalue weighted by Crippen LogP contribution is 2.12. The molecule has 1 atom stereocenters. The Bertz CT molecular complexity index is 462. The zero-order valence-electron chi connectivity index (χ0n) is 11.7. The molecule has 0 radical (unpaired) electrons.